The molecule has 0 aromatic heterocycles. The smallest absolute Gasteiger partial charge is 0.182 e. The van der Waals surface area contributed by atoms with Crippen LogP contribution in [0.15, 0.2) is 24.3 Å². The second kappa shape index (κ2) is 5.66. The number of ketones is 1. The van der Waals surface area contributed by atoms with Gasteiger partial charge in [-0.3, -0.25) is 4.79 Å². The summed E-state index contributed by atoms with van der Waals surface area (Å²) in [7, 11) is 0. The van der Waals surface area contributed by atoms with Crippen LogP contribution < -0.4 is 5.32 Å². The van der Waals surface area contributed by atoms with E-state index in [4.69, 9.17) is 0 Å². The van der Waals surface area contributed by atoms with Crippen molar-refractivity contribution in [2.24, 2.45) is 0 Å². The molecule has 0 aliphatic heterocycles. The summed E-state index contributed by atoms with van der Waals surface area (Å²) in [4.78, 5) is 12.7. The van der Waals surface area contributed by atoms with Gasteiger partial charge in [-0.15, -0.1) is 0 Å². The summed E-state index contributed by atoms with van der Waals surface area (Å²) in [5.41, 5.74) is 1.77. The number of hydrogen-bond donors (Lipinski definition) is 1. The first-order valence-electron chi connectivity index (χ1n) is 7.04. The molecule has 1 aliphatic rings. The van der Waals surface area contributed by atoms with Crippen molar-refractivity contribution >= 4 is 5.78 Å². The summed E-state index contributed by atoms with van der Waals surface area (Å²) in [6, 6.07) is 7.97. The number of Topliss-reactive ketones (excluding diaryl/α,β-unsaturated/α-hetero) is 1. The molecule has 18 heavy (non-hydrogen) atoms. The van der Waals surface area contributed by atoms with E-state index in [1.807, 2.05) is 24.3 Å². The van der Waals surface area contributed by atoms with Crippen molar-refractivity contribution in [2.75, 3.05) is 6.54 Å². The zero-order valence-electron chi connectivity index (χ0n) is 11.5. The summed E-state index contributed by atoms with van der Waals surface area (Å²) in [6.45, 7) is 5.12. The third kappa shape index (κ3) is 2.64. The number of carbonyl (C=O) groups is 1. The molecule has 1 aromatic rings. The maximum absolute atomic E-state index is 12.7. The quantitative estimate of drug-likeness (QED) is 0.805. The first-order chi connectivity index (χ1) is 8.68. The van der Waals surface area contributed by atoms with Gasteiger partial charge in [-0.05, 0) is 32.7 Å². The van der Waals surface area contributed by atoms with Gasteiger partial charge >= 0.3 is 0 Å². The van der Waals surface area contributed by atoms with Crippen molar-refractivity contribution in [1.82, 2.24) is 5.32 Å². The van der Waals surface area contributed by atoms with Crippen molar-refractivity contribution in [3.8, 4) is 0 Å². The van der Waals surface area contributed by atoms with E-state index in [0.29, 0.717) is 0 Å². The van der Waals surface area contributed by atoms with Crippen LogP contribution in [0.2, 0.25) is 0 Å². The molecule has 1 saturated carbocycles. The molecule has 0 amide bonds. The summed E-state index contributed by atoms with van der Waals surface area (Å²) < 4.78 is 0. The fourth-order valence-corrected chi connectivity index (χ4v) is 2.81. The first-order valence-corrected chi connectivity index (χ1v) is 7.04. The molecule has 2 rings (SSSR count). The van der Waals surface area contributed by atoms with Gasteiger partial charge in [0.05, 0.1) is 5.54 Å². The molecule has 0 spiro atoms. The molecule has 1 N–H and O–H groups in total. The highest BCUT2D eigenvalue weighted by Crippen LogP contribution is 2.32. The van der Waals surface area contributed by atoms with Crippen molar-refractivity contribution in [3.05, 3.63) is 35.4 Å². The van der Waals surface area contributed by atoms with Gasteiger partial charge in [0.15, 0.2) is 5.78 Å². The Hall–Kier alpha value is -1.15. The Morgan fingerprint density at radius 3 is 2.39 bits per heavy atom. The lowest BCUT2D eigenvalue weighted by atomic mass is 9.87. The standard InChI is InChI=1S/C16H23NO/c1-3-12-17-16(10-4-5-11-16)15(18)14-8-6-13(2)7-9-14/h6-9,17H,3-5,10-12H2,1-2H3. The van der Waals surface area contributed by atoms with Crippen LogP contribution >= 0.6 is 0 Å². The lowest BCUT2D eigenvalue weighted by Gasteiger charge is -2.29. The van der Waals surface area contributed by atoms with Crippen LogP contribution in [0, 0.1) is 6.92 Å². The van der Waals surface area contributed by atoms with Gasteiger partial charge in [0.2, 0.25) is 0 Å². The third-order valence-electron chi connectivity index (χ3n) is 3.92. The Morgan fingerprint density at radius 2 is 1.83 bits per heavy atom. The van der Waals surface area contributed by atoms with Gasteiger partial charge in [-0.25, -0.2) is 0 Å². The van der Waals surface area contributed by atoms with Gasteiger partial charge in [-0.2, -0.15) is 0 Å². The molecular formula is C16H23NO. The van der Waals surface area contributed by atoms with Gasteiger partial charge in [0.25, 0.3) is 0 Å². The van der Waals surface area contributed by atoms with Crippen LogP contribution in [0.25, 0.3) is 0 Å². The maximum atomic E-state index is 12.7. The van der Waals surface area contributed by atoms with Crippen LogP contribution in [0.4, 0.5) is 0 Å². The van der Waals surface area contributed by atoms with E-state index in [1.54, 1.807) is 0 Å². The van der Waals surface area contributed by atoms with Gasteiger partial charge in [0, 0.05) is 5.56 Å². The molecule has 0 heterocycles. The second-order valence-electron chi connectivity index (χ2n) is 5.41. The normalized spacial score (nSPS) is 17.9. The first kappa shape index (κ1) is 13.3. The third-order valence-corrected chi connectivity index (χ3v) is 3.92. The Morgan fingerprint density at radius 1 is 1.22 bits per heavy atom. The fraction of sp³-hybridized carbons (Fsp3) is 0.562. The van der Waals surface area contributed by atoms with Gasteiger partial charge in [-0.1, -0.05) is 49.6 Å². The fourth-order valence-electron chi connectivity index (χ4n) is 2.81. The minimum absolute atomic E-state index is 0.286. The van der Waals surface area contributed by atoms with Crippen LogP contribution in [0.3, 0.4) is 0 Å². The molecule has 98 valence electrons. The Kier molecular flexibility index (Phi) is 4.18. The molecule has 0 radical (unpaired) electrons. The lowest BCUT2D eigenvalue weighted by molar-refractivity contribution is 0.0854. The summed E-state index contributed by atoms with van der Waals surface area (Å²) in [5.74, 6) is 0.286. The average molecular weight is 245 g/mol. The van der Waals surface area contributed by atoms with E-state index >= 15 is 0 Å². The van der Waals surface area contributed by atoms with Crippen LogP contribution in [-0.2, 0) is 0 Å². The number of rotatable bonds is 5. The molecule has 1 aromatic carbocycles. The number of benzene rings is 1. The van der Waals surface area contributed by atoms with E-state index in [0.717, 1.165) is 44.2 Å². The highest BCUT2D eigenvalue weighted by Gasteiger charge is 2.40. The SMILES string of the molecule is CCCNC1(C(=O)c2ccc(C)cc2)CCCC1. The minimum Gasteiger partial charge on any atom is -0.305 e. The number of nitrogens with one attached hydrogen (secondary N) is 1. The zero-order chi connectivity index (χ0) is 13.0. The van der Waals surface area contributed by atoms with Crippen LogP contribution in [0.1, 0.15) is 54.9 Å². The highest BCUT2D eigenvalue weighted by atomic mass is 16.1. The Balaban J connectivity index is 2.20. The summed E-state index contributed by atoms with van der Waals surface area (Å²) >= 11 is 0. The van der Waals surface area contributed by atoms with Crippen molar-refractivity contribution in [2.45, 2.75) is 51.5 Å². The molecule has 2 heteroatoms. The molecule has 0 bridgehead atoms. The van der Waals surface area contributed by atoms with Gasteiger partial charge < -0.3 is 5.32 Å². The molecule has 1 aliphatic carbocycles. The van der Waals surface area contributed by atoms with E-state index in [2.05, 4.69) is 19.2 Å². The predicted molar refractivity (Wildman–Crippen MR) is 75.0 cm³/mol. The lowest BCUT2D eigenvalue weighted by Crippen LogP contribution is -2.50. The van der Waals surface area contributed by atoms with Gasteiger partial charge in [0.1, 0.15) is 0 Å². The topological polar surface area (TPSA) is 29.1 Å². The van der Waals surface area contributed by atoms with E-state index in [9.17, 15) is 4.79 Å². The molecule has 0 saturated heterocycles. The zero-order valence-corrected chi connectivity index (χ0v) is 11.5. The summed E-state index contributed by atoms with van der Waals surface area (Å²) in [6.07, 6.45) is 5.37. The average Bonchev–Trinajstić information content (AvgIpc) is 2.86. The van der Waals surface area contributed by atoms with E-state index in [1.165, 1.54) is 5.56 Å². The predicted octanol–water partition coefficient (Wildman–Crippen LogP) is 3.49. The van der Waals surface area contributed by atoms with Crippen LogP contribution in [-0.4, -0.2) is 17.9 Å². The minimum atomic E-state index is -0.286. The van der Waals surface area contributed by atoms with Crippen LogP contribution in [0.5, 0.6) is 0 Å². The van der Waals surface area contributed by atoms with E-state index < -0.39 is 0 Å². The highest BCUT2D eigenvalue weighted by molar-refractivity contribution is 6.03. The van der Waals surface area contributed by atoms with Crippen molar-refractivity contribution in [1.29, 1.82) is 0 Å². The molecular weight excluding hydrogens is 222 g/mol. The molecule has 1 fully saturated rings. The number of carbonyl (C=O) groups excluding carboxylic acids is 1. The molecule has 0 unspecified atom stereocenters. The van der Waals surface area contributed by atoms with Crippen molar-refractivity contribution < 1.29 is 4.79 Å². The van der Waals surface area contributed by atoms with E-state index in [-0.39, 0.29) is 11.3 Å². The molecule has 2 nitrogen and oxygen atoms in total. The number of hydrogen-bond acceptors (Lipinski definition) is 2. The number of aryl methyl sites for hydroxylation is 1. The Bertz CT molecular complexity index is 402. The summed E-state index contributed by atoms with van der Waals surface area (Å²) in [5, 5.41) is 3.51. The monoisotopic (exact) mass is 245 g/mol. The molecule has 0 atom stereocenters. The maximum Gasteiger partial charge on any atom is 0.182 e. The largest absolute Gasteiger partial charge is 0.305 e. The van der Waals surface area contributed by atoms with Crippen molar-refractivity contribution in [3.63, 3.8) is 0 Å². The Labute approximate surface area is 110 Å². The second-order valence-corrected chi connectivity index (χ2v) is 5.41.